The van der Waals surface area contributed by atoms with Crippen molar-refractivity contribution in [2.24, 2.45) is 4.99 Å². The Morgan fingerprint density at radius 2 is 2.16 bits per heavy atom. The summed E-state index contributed by atoms with van der Waals surface area (Å²) in [5, 5.41) is 7.01. The minimum Gasteiger partial charge on any atom is -0.359 e. The van der Waals surface area contributed by atoms with Crippen LogP contribution in [0.2, 0.25) is 5.02 Å². The topological polar surface area (TPSA) is 67.5 Å². The average Bonchev–Trinajstić information content (AvgIpc) is 2.91. The molecule has 1 aromatic carbocycles. The molecule has 1 N–H and O–H groups in total. The maximum Gasteiger partial charge on any atom is 0.275 e. The van der Waals surface area contributed by atoms with Crippen molar-refractivity contribution >= 4 is 34.7 Å². The van der Waals surface area contributed by atoms with Gasteiger partial charge in [0, 0.05) is 11.6 Å². The number of hydrogen-bond donors (Lipinski definition) is 1. The molecule has 0 fully saturated rings. The second kappa shape index (κ2) is 4.20. The van der Waals surface area contributed by atoms with Crippen LogP contribution >= 0.6 is 11.6 Å². The summed E-state index contributed by atoms with van der Waals surface area (Å²) in [7, 11) is 0. The van der Waals surface area contributed by atoms with Gasteiger partial charge < -0.3 is 9.84 Å². The molecule has 19 heavy (non-hydrogen) atoms. The van der Waals surface area contributed by atoms with Crippen LogP contribution in [-0.4, -0.2) is 16.8 Å². The van der Waals surface area contributed by atoms with E-state index in [1.54, 1.807) is 19.1 Å². The standard InChI is InChI=1S/C13H10ClN3O2/c1-6-3-4-8(14)10-11(6)16-13(18)12(10)15-9-5-7(2)19-17-9/h3-5H,1-2H3,(H,15,16,17,18). The number of aromatic nitrogens is 1. The van der Waals surface area contributed by atoms with Crippen LogP contribution in [0.1, 0.15) is 16.9 Å². The molecule has 0 unspecified atom stereocenters. The van der Waals surface area contributed by atoms with Crippen molar-refractivity contribution in [2.45, 2.75) is 13.8 Å². The van der Waals surface area contributed by atoms with Gasteiger partial charge in [0.2, 0.25) is 0 Å². The minimum absolute atomic E-state index is 0.261. The zero-order chi connectivity index (χ0) is 13.6. The van der Waals surface area contributed by atoms with Gasteiger partial charge in [-0.3, -0.25) is 4.79 Å². The van der Waals surface area contributed by atoms with Crippen LogP contribution in [0.25, 0.3) is 0 Å². The second-order valence-electron chi connectivity index (χ2n) is 4.32. The Morgan fingerprint density at radius 1 is 1.37 bits per heavy atom. The summed E-state index contributed by atoms with van der Waals surface area (Å²) in [4.78, 5) is 16.2. The number of benzene rings is 1. The summed E-state index contributed by atoms with van der Waals surface area (Å²) in [5.74, 6) is 0.702. The number of amides is 1. The zero-order valence-corrected chi connectivity index (χ0v) is 11.1. The van der Waals surface area contributed by atoms with Crippen molar-refractivity contribution in [3.8, 4) is 0 Å². The van der Waals surface area contributed by atoms with Gasteiger partial charge in [-0.1, -0.05) is 22.8 Å². The number of carbonyl (C=O) groups excluding carboxylic acids is 1. The molecule has 0 atom stereocenters. The summed E-state index contributed by atoms with van der Waals surface area (Å²) in [6.45, 7) is 3.66. The Hall–Kier alpha value is -2.14. The lowest BCUT2D eigenvalue weighted by molar-refractivity contribution is -0.110. The van der Waals surface area contributed by atoms with Crippen molar-refractivity contribution in [3.63, 3.8) is 0 Å². The quantitative estimate of drug-likeness (QED) is 0.870. The first-order valence-electron chi connectivity index (χ1n) is 5.69. The molecule has 6 heteroatoms. The fraction of sp³-hybridized carbons (Fsp3) is 0.154. The summed E-state index contributed by atoms with van der Waals surface area (Å²) in [6.07, 6.45) is 0. The number of fused-ring (bicyclic) bond motifs is 1. The molecule has 2 heterocycles. The number of anilines is 1. The predicted octanol–water partition coefficient (Wildman–Crippen LogP) is 3.02. The van der Waals surface area contributed by atoms with Crippen molar-refractivity contribution in [2.75, 3.05) is 5.32 Å². The number of nitrogens with one attached hydrogen (secondary N) is 1. The molecular formula is C13H10ClN3O2. The van der Waals surface area contributed by atoms with E-state index in [1.807, 2.05) is 13.0 Å². The summed E-state index contributed by atoms with van der Waals surface area (Å²) in [6, 6.07) is 5.26. The Kier molecular flexibility index (Phi) is 2.64. The van der Waals surface area contributed by atoms with Gasteiger partial charge in [0.05, 0.1) is 10.7 Å². The highest BCUT2D eigenvalue weighted by Crippen LogP contribution is 2.34. The molecule has 1 aliphatic rings. The van der Waals surface area contributed by atoms with Crippen LogP contribution in [0.15, 0.2) is 27.7 Å². The number of rotatable bonds is 1. The van der Waals surface area contributed by atoms with Gasteiger partial charge in [0.25, 0.3) is 5.91 Å². The van der Waals surface area contributed by atoms with Gasteiger partial charge in [0.15, 0.2) is 5.82 Å². The van der Waals surface area contributed by atoms with E-state index in [4.69, 9.17) is 16.1 Å². The van der Waals surface area contributed by atoms with Gasteiger partial charge in [-0.2, -0.15) is 0 Å². The van der Waals surface area contributed by atoms with E-state index in [9.17, 15) is 4.79 Å². The van der Waals surface area contributed by atoms with E-state index in [1.165, 1.54) is 0 Å². The largest absolute Gasteiger partial charge is 0.359 e. The number of halogens is 1. The maximum absolute atomic E-state index is 12.0. The number of nitrogens with zero attached hydrogens (tertiary/aromatic N) is 2. The number of hydrogen-bond acceptors (Lipinski definition) is 4. The van der Waals surface area contributed by atoms with Crippen molar-refractivity contribution in [3.05, 3.63) is 40.1 Å². The van der Waals surface area contributed by atoms with Crippen LogP contribution in [0.5, 0.6) is 0 Å². The SMILES string of the molecule is Cc1cc(N=C2C(=O)Nc3c(C)ccc(Cl)c32)no1. The minimum atomic E-state index is -0.285. The first kappa shape index (κ1) is 11.9. The van der Waals surface area contributed by atoms with Crippen molar-refractivity contribution in [1.82, 2.24) is 5.16 Å². The van der Waals surface area contributed by atoms with Crippen LogP contribution in [0.3, 0.4) is 0 Å². The molecule has 0 spiro atoms. The lowest BCUT2D eigenvalue weighted by Crippen LogP contribution is -2.14. The van der Waals surface area contributed by atoms with E-state index in [2.05, 4.69) is 15.5 Å². The molecule has 0 bridgehead atoms. The van der Waals surface area contributed by atoms with Crippen LogP contribution in [-0.2, 0) is 4.79 Å². The van der Waals surface area contributed by atoms with E-state index >= 15 is 0 Å². The molecule has 96 valence electrons. The zero-order valence-electron chi connectivity index (χ0n) is 10.3. The van der Waals surface area contributed by atoms with Crippen molar-refractivity contribution in [1.29, 1.82) is 0 Å². The normalized spacial score (nSPS) is 15.7. The molecule has 1 aliphatic heterocycles. The molecule has 0 radical (unpaired) electrons. The molecule has 1 amide bonds. The van der Waals surface area contributed by atoms with Crippen LogP contribution in [0, 0.1) is 13.8 Å². The third kappa shape index (κ3) is 1.92. The molecule has 1 aromatic heterocycles. The third-order valence-electron chi connectivity index (χ3n) is 2.90. The lowest BCUT2D eigenvalue weighted by atomic mass is 10.1. The van der Waals surface area contributed by atoms with Crippen LogP contribution < -0.4 is 5.32 Å². The van der Waals surface area contributed by atoms with Gasteiger partial charge in [0.1, 0.15) is 11.5 Å². The smallest absolute Gasteiger partial charge is 0.275 e. The summed E-state index contributed by atoms with van der Waals surface area (Å²) in [5.41, 5.74) is 2.52. The van der Waals surface area contributed by atoms with Gasteiger partial charge in [-0.05, 0) is 25.5 Å². The first-order chi connectivity index (χ1) is 9.06. The van der Waals surface area contributed by atoms with Gasteiger partial charge >= 0.3 is 0 Å². The number of aliphatic imine (C=N–C) groups is 1. The fourth-order valence-corrected chi connectivity index (χ4v) is 2.23. The maximum atomic E-state index is 12.0. The predicted molar refractivity (Wildman–Crippen MR) is 72.3 cm³/mol. The van der Waals surface area contributed by atoms with E-state index in [-0.39, 0.29) is 11.6 Å². The van der Waals surface area contributed by atoms with Gasteiger partial charge in [-0.25, -0.2) is 4.99 Å². The second-order valence-corrected chi connectivity index (χ2v) is 4.73. The Labute approximate surface area is 114 Å². The van der Waals surface area contributed by atoms with E-state index in [0.717, 1.165) is 5.56 Å². The average molecular weight is 276 g/mol. The van der Waals surface area contributed by atoms with E-state index in [0.29, 0.717) is 27.9 Å². The van der Waals surface area contributed by atoms with Crippen molar-refractivity contribution < 1.29 is 9.32 Å². The lowest BCUT2D eigenvalue weighted by Gasteiger charge is -2.03. The summed E-state index contributed by atoms with van der Waals surface area (Å²) < 4.78 is 4.93. The third-order valence-corrected chi connectivity index (χ3v) is 3.21. The summed E-state index contributed by atoms with van der Waals surface area (Å²) >= 11 is 6.16. The highest BCUT2D eigenvalue weighted by molar-refractivity contribution is 6.57. The Morgan fingerprint density at radius 3 is 2.84 bits per heavy atom. The molecule has 0 saturated carbocycles. The highest BCUT2D eigenvalue weighted by Gasteiger charge is 2.30. The van der Waals surface area contributed by atoms with Gasteiger partial charge in [-0.15, -0.1) is 0 Å². The molecular weight excluding hydrogens is 266 g/mol. The Balaban J connectivity index is 2.18. The fourth-order valence-electron chi connectivity index (χ4n) is 1.99. The molecule has 3 rings (SSSR count). The molecule has 0 aliphatic carbocycles. The molecule has 2 aromatic rings. The molecule has 5 nitrogen and oxygen atoms in total. The number of carbonyl (C=O) groups is 1. The van der Waals surface area contributed by atoms with Crippen LogP contribution in [0.4, 0.5) is 11.5 Å². The highest BCUT2D eigenvalue weighted by atomic mass is 35.5. The number of aryl methyl sites for hydroxylation is 2. The Bertz CT molecular complexity index is 719. The molecule has 0 saturated heterocycles. The van der Waals surface area contributed by atoms with E-state index < -0.39 is 0 Å². The monoisotopic (exact) mass is 275 g/mol. The first-order valence-corrected chi connectivity index (χ1v) is 6.07.